The number of esters is 1. The highest BCUT2D eigenvalue weighted by atomic mass is 32.2. The number of rotatable bonds is 11. The van der Waals surface area contributed by atoms with Gasteiger partial charge in [-0.3, -0.25) is 4.79 Å². The summed E-state index contributed by atoms with van der Waals surface area (Å²) in [5.74, 6) is -0.898. The SMILES string of the molecule is CCc1cc2c(C(=O)NC)c(-c3ccc(F)cc3)oc2nc1CN(CCOc1ccccc1C(=O)OC)[SH](=O)=O. The molecule has 0 bridgehead atoms. The molecule has 0 saturated heterocycles. The van der Waals surface area contributed by atoms with Gasteiger partial charge in [-0.2, -0.15) is 4.31 Å². The monoisotopic (exact) mass is 569 g/mol. The Morgan fingerprint density at radius 2 is 1.85 bits per heavy atom. The zero-order valence-electron chi connectivity index (χ0n) is 22.1. The second-order valence-electron chi connectivity index (χ2n) is 8.65. The van der Waals surface area contributed by atoms with Crippen LogP contribution in [0.5, 0.6) is 5.75 Å². The first kappa shape index (κ1) is 28.7. The van der Waals surface area contributed by atoms with Gasteiger partial charge in [0.25, 0.3) is 5.91 Å². The van der Waals surface area contributed by atoms with Gasteiger partial charge in [0.15, 0.2) is 0 Å². The summed E-state index contributed by atoms with van der Waals surface area (Å²) in [6.45, 7) is 1.78. The molecule has 40 heavy (non-hydrogen) atoms. The first-order valence-electron chi connectivity index (χ1n) is 12.4. The average Bonchev–Trinajstić information content (AvgIpc) is 3.34. The van der Waals surface area contributed by atoms with Gasteiger partial charge in [0.1, 0.15) is 29.5 Å². The fourth-order valence-corrected chi connectivity index (χ4v) is 4.72. The van der Waals surface area contributed by atoms with E-state index in [-0.39, 0.29) is 48.0 Å². The van der Waals surface area contributed by atoms with E-state index in [4.69, 9.17) is 13.9 Å². The first-order chi connectivity index (χ1) is 19.3. The highest BCUT2D eigenvalue weighted by molar-refractivity contribution is 7.69. The summed E-state index contributed by atoms with van der Waals surface area (Å²) in [6, 6.07) is 13.8. The van der Waals surface area contributed by atoms with Crippen LogP contribution in [0, 0.1) is 5.82 Å². The van der Waals surface area contributed by atoms with Crippen LogP contribution in [0.25, 0.3) is 22.4 Å². The number of nitrogens with one attached hydrogen (secondary N) is 1. The summed E-state index contributed by atoms with van der Waals surface area (Å²) < 4.78 is 55.4. The highest BCUT2D eigenvalue weighted by Gasteiger charge is 2.24. The zero-order chi connectivity index (χ0) is 28.8. The number of para-hydroxylation sites is 1. The molecule has 12 heteroatoms. The number of thiol groups is 1. The van der Waals surface area contributed by atoms with Gasteiger partial charge in [-0.15, -0.1) is 0 Å². The number of fused-ring (bicyclic) bond motifs is 1. The predicted molar refractivity (Wildman–Crippen MR) is 146 cm³/mol. The summed E-state index contributed by atoms with van der Waals surface area (Å²) >= 11 is 0. The lowest BCUT2D eigenvalue weighted by atomic mass is 10.0. The topological polar surface area (TPSA) is 128 Å². The fraction of sp³-hybridized carbons (Fsp3) is 0.250. The van der Waals surface area contributed by atoms with Gasteiger partial charge in [0.05, 0.1) is 30.3 Å². The minimum atomic E-state index is -3.01. The molecule has 0 saturated carbocycles. The van der Waals surface area contributed by atoms with Crippen molar-refractivity contribution in [2.75, 3.05) is 27.3 Å². The molecule has 4 aromatic rings. The zero-order valence-corrected chi connectivity index (χ0v) is 23.0. The number of furan rings is 1. The van der Waals surface area contributed by atoms with Crippen LogP contribution >= 0.6 is 0 Å². The molecule has 10 nitrogen and oxygen atoms in total. The number of hydrogen-bond acceptors (Lipinski definition) is 8. The summed E-state index contributed by atoms with van der Waals surface area (Å²) in [5.41, 5.74) is 2.29. The van der Waals surface area contributed by atoms with E-state index in [1.54, 1.807) is 30.3 Å². The van der Waals surface area contributed by atoms with Crippen molar-refractivity contribution in [3.63, 3.8) is 0 Å². The first-order valence-corrected chi connectivity index (χ1v) is 13.5. The molecule has 0 aliphatic carbocycles. The van der Waals surface area contributed by atoms with Crippen molar-refractivity contribution >= 4 is 33.9 Å². The highest BCUT2D eigenvalue weighted by Crippen LogP contribution is 2.34. The van der Waals surface area contributed by atoms with E-state index < -0.39 is 28.6 Å². The molecular weight excluding hydrogens is 541 g/mol. The van der Waals surface area contributed by atoms with Crippen LogP contribution in [-0.4, -0.2) is 56.9 Å². The number of carbonyl (C=O) groups is 2. The van der Waals surface area contributed by atoms with Gasteiger partial charge >= 0.3 is 5.97 Å². The van der Waals surface area contributed by atoms with Crippen LogP contribution in [0.2, 0.25) is 0 Å². The second kappa shape index (κ2) is 12.7. The van der Waals surface area contributed by atoms with E-state index in [0.717, 1.165) is 5.56 Å². The Bertz CT molecular complexity index is 1610. The Hall–Kier alpha value is -4.29. The number of halogens is 1. The smallest absolute Gasteiger partial charge is 0.341 e. The number of nitrogens with zero attached hydrogens (tertiary/aromatic N) is 2. The van der Waals surface area contributed by atoms with Gasteiger partial charge in [-0.25, -0.2) is 22.6 Å². The van der Waals surface area contributed by atoms with Crippen molar-refractivity contribution in [2.45, 2.75) is 19.9 Å². The summed E-state index contributed by atoms with van der Waals surface area (Å²) in [6.07, 6.45) is 0.509. The van der Waals surface area contributed by atoms with Crippen molar-refractivity contribution < 1.29 is 36.3 Å². The van der Waals surface area contributed by atoms with Crippen LogP contribution in [0.3, 0.4) is 0 Å². The molecule has 0 aliphatic rings. The maximum atomic E-state index is 13.5. The van der Waals surface area contributed by atoms with Gasteiger partial charge in [-0.05, 0) is 54.4 Å². The summed E-state index contributed by atoms with van der Waals surface area (Å²) in [4.78, 5) is 29.4. The van der Waals surface area contributed by atoms with Crippen molar-refractivity contribution in [1.29, 1.82) is 0 Å². The number of pyridine rings is 1. The third kappa shape index (κ3) is 6.13. The minimum absolute atomic E-state index is 0.0143. The molecule has 210 valence electrons. The quantitative estimate of drug-likeness (QED) is 0.207. The van der Waals surface area contributed by atoms with E-state index in [2.05, 4.69) is 10.3 Å². The minimum Gasteiger partial charge on any atom is -0.491 e. The maximum absolute atomic E-state index is 13.5. The molecule has 2 aromatic carbocycles. The fourth-order valence-electron chi connectivity index (χ4n) is 4.22. The lowest BCUT2D eigenvalue weighted by Crippen LogP contribution is -2.28. The Kier molecular flexibility index (Phi) is 9.12. The van der Waals surface area contributed by atoms with Crippen LogP contribution in [0.15, 0.2) is 59.0 Å². The average molecular weight is 570 g/mol. The molecular formula is C28H28FN3O7S. The third-order valence-corrected chi connectivity index (χ3v) is 7.06. The largest absolute Gasteiger partial charge is 0.491 e. The molecule has 1 N–H and O–H groups in total. The van der Waals surface area contributed by atoms with Gasteiger partial charge in [0, 0.05) is 19.2 Å². The lowest BCUT2D eigenvalue weighted by molar-refractivity contribution is 0.0595. The van der Waals surface area contributed by atoms with E-state index in [1.165, 1.54) is 42.7 Å². The number of hydrogen-bond donors (Lipinski definition) is 2. The molecule has 2 aromatic heterocycles. The van der Waals surface area contributed by atoms with Crippen LogP contribution < -0.4 is 10.1 Å². The Labute approximate surface area is 231 Å². The van der Waals surface area contributed by atoms with Crippen LogP contribution in [0.4, 0.5) is 4.39 Å². The Morgan fingerprint density at radius 3 is 2.50 bits per heavy atom. The van der Waals surface area contributed by atoms with Gasteiger partial charge in [0.2, 0.25) is 16.6 Å². The Morgan fingerprint density at radius 1 is 1.12 bits per heavy atom. The van der Waals surface area contributed by atoms with Crippen molar-refractivity contribution in [3.05, 3.63) is 82.8 Å². The van der Waals surface area contributed by atoms with E-state index in [1.807, 2.05) is 6.92 Å². The van der Waals surface area contributed by atoms with Crippen molar-refractivity contribution in [3.8, 4) is 17.1 Å². The number of carbonyl (C=O) groups excluding carboxylic acids is 2. The molecule has 0 atom stereocenters. The molecule has 0 unspecified atom stereocenters. The second-order valence-corrected chi connectivity index (χ2v) is 9.70. The lowest BCUT2D eigenvalue weighted by Gasteiger charge is -2.17. The molecule has 1 amide bonds. The molecule has 0 spiro atoms. The molecule has 0 fully saturated rings. The standard InChI is InChI=1S/C28H28FN3O7S/c1-4-17-15-21-24(26(33)30-2)25(18-9-11-19(29)12-10-18)39-27(21)31-22(17)16-32(40(35)36)13-14-38-23-8-6-5-7-20(23)28(34)37-3/h5-12,15,40H,4,13-14,16H2,1-3H3,(H,30,33). The van der Waals surface area contributed by atoms with Crippen molar-refractivity contribution in [1.82, 2.24) is 14.6 Å². The number of amides is 1. The number of aryl methyl sites for hydroxylation is 1. The third-order valence-electron chi connectivity index (χ3n) is 6.26. The number of methoxy groups -OCH3 is 1. The van der Waals surface area contributed by atoms with Crippen LogP contribution in [0.1, 0.15) is 38.9 Å². The number of aromatic nitrogens is 1. The Balaban J connectivity index is 1.64. The van der Waals surface area contributed by atoms with Gasteiger partial charge < -0.3 is 19.2 Å². The number of ether oxygens (including phenoxy) is 2. The molecule has 0 radical (unpaired) electrons. The normalized spacial score (nSPS) is 11.2. The van der Waals surface area contributed by atoms with E-state index >= 15 is 0 Å². The van der Waals surface area contributed by atoms with Gasteiger partial charge in [-0.1, -0.05) is 19.1 Å². The number of benzene rings is 2. The maximum Gasteiger partial charge on any atom is 0.341 e. The molecule has 4 rings (SSSR count). The van der Waals surface area contributed by atoms with E-state index in [9.17, 15) is 22.4 Å². The summed E-state index contributed by atoms with van der Waals surface area (Å²) in [5, 5.41) is 3.06. The molecule has 2 heterocycles. The summed E-state index contributed by atoms with van der Waals surface area (Å²) in [7, 11) is -0.260. The predicted octanol–water partition coefficient (Wildman–Crippen LogP) is 3.75. The molecule has 0 aliphatic heterocycles. The van der Waals surface area contributed by atoms with Crippen LogP contribution in [-0.2, 0) is 28.6 Å². The van der Waals surface area contributed by atoms with Crippen molar-refractivity contribution in [2.24, 2.45) is 0 Å². The van der Waals surface area contributed by atoms with E-state index in [0.29, 0.717) is 23.1 Å².